The second-order valence-corrected chi connectivity index (χ2v) is 4.63. The molecule has 1 unspecified atom stereocenters. The molecule has 102 valence electrons. The summed E-state index contributed by atoms with van der Waals surface area (Å²) in [5, 5.41) is 13.8. The van der Waals surface area contributed by atoms with Crippen molar-refractivity contribution in [3.05, 3.63) is 29.3 Å². The van der Waals surface area contributed by atoms with Gasteiger partial charge < -0.3 is 5.11 Å². The van der Waals surface area contributed by atoms with Gasteiger partial charge in [-0.15, -0.1) is 0 Å². The van der Waals surface area contributed by atoms with Crippen LogP contribution in [-0.2, 0) is 9.59 Å². The van der Waals surface area contributed by atoms with Gasteiger partial charge in [0, 0.05) is 12.0 Å². The number of carbonyl (C=O) groups excluding carboxylic acids is 4. The zero-order valence-corrected chi connectivity index (χ0v) is 10.2. The average Bonchev–Trinajstić information content (AvgIpc) is 2.64. The van der Waals surface area contributed by atoms with E-state index < -0.39 is 35.4 Å². The van der Waals surface area contributed by atoms with Crippen molar-refractivity contribution in [1.82, 2.24) is 10.2 Å². The largest absolute Gasteiger partial charge is 0.872 e. The Morgan fingerprint density at radius 2 is 1.90 bits per heavy atom. The van der Waals surface area contributed by atoms with E-state index in [2.05, 4.69) is 5.32 Å². The van der Waals surface area contributed by atoms with Crippen LogP contribution in [0.3, 0.4) is 0 Å². The standard InChI is InChI=1S/C13H10N2O5/c16-8-3-1-2-6-10(8)13(20)15(12(6)19)7-4-5-9(17)14-11(7)18/h1-3,7,16H,4-5H2,(H,14,17,18)/p-1. The molecule has 2 aliphatic heterocycles. The number of fused-ring (bicyclic) bond motifs is 1. The van der Waals surface area contributed by atoms with Crippen LogP contribution < -0.4 is 10.4 Å². The highest BCUT2D eigenvalue weighted by Gasteiger charge is 2.44. The van der Waals surface area contributed by atoms with Gasteiger partial charge in [-0.1, -0.05) is 17.9 Å². The molecule has 1 saturated heterocycles. The molecule has 2 aliphatic rings. The Hall–Kier alpha value is -2.70. The summed E-state index contributed by atoms with van der Waals surface area (Å²) in [6.45, 7) is 0. The molecule has 1 N–H and O–H groups in total. The number of nitrogens with zero attached hydrogens (tertiary/aromatic N) is 1. The summed E-state index contributed by atoms with van der Waals surface area (Å²) in [7, 11) is 0. The number of hydrogen-bond donors (Lipinski definition) is 1. The summed E-state index contributed by atoms with van der Waals surface area (Å²) in [5.41, 5.74) is -0.200. The number of piperidine rings is 1. The minimum absolute atomic E-state index is 0.00667. The van der Waals surface area contributed by atoms with Gasteiger partial charge >= 0.3 is 0 Å². The molecule has 3 rings (SSSR count). The lowest BCUT2D eigenvalue weighted by Gasteiger charge is -2.28. The summed E-state index contributed by atoms with van der Waals surface area (Å²) in [5.74, 6) is -3.12. The molecule has 0 aromatic heterocycles. The lowest BCUT2D eigenvalue weighted by molar-refractivity contribution is -0.268. The minimum atomic E-state index is -1.04. The molecule has 0 radical (unpaired) electrons. The van der Waals surface area contributed by atoms with Crippen molar-refractivity contribution in [2.45, 2.75) is 18.9 Å². The third-order valence-electron chi connectivity index (χ3n) is 3.43. The minimum Gasteiger partial charge on any atom is -0.872 e. The number of amides is 4. The Morgan fingerprint density at radius 1 is 1.15 bits per heavy atom. The first-order valence-electron chi connectivity index (χ1n) is 6.02. The first kappa shape index (κ1) is 12.3. The highest BCUT2D eigenvalue weighted by atomic mass is 16.3. The van der Waals surface area contributed by atoms with Crippen molar-refractivity contribution in [3.8, 4) is 5.75 Å². The smallest absolute Gasteiger partial charge is 0.262 e. The summed E-state index contributed by atoms with van der Waals surface area (Å²) >= 11 is 0. The van der Waals surface area contributed by atoms with E-state index >= 15 is 0 Å². The van der Waals surface area contributed by atoms with Gasteiger partial charge in [-0.2, -0.15) is 0 Å². The van der Waals surface area contributed by atoms with Crippen LogP contribution in [0.25, 0.3) is 0 Å². The number of imide groups is 2. The predicted octanol–water partition coefficient (Wildman–Crippen LogP) is -0.839. The van der Waals surface area contributed by atoms with Gasteiger partial charge in [-0.05, 0) is 12.5 Å². The lowest BCUT2D eigenvalue weighted by atomic mass is 10.0. The Balaban J connectivity index is 2.00. The van der Waals surface area contributed by atoms with E-state index in [1.807, 2.05) is 0 Å². The zero-order chi connectivity index (χ0) is 14.4. The number of hydrogen-bond acceptors (Lipinski definition) is 5. The van der Waals surface area contributed by atoms with Gasteiger partial charge in [0.1, 0.15) is 6.04 Å². The molecule has 4 amide bonds. The second kappa shape index (κ2) is 4.16. The molecule has 0 aliphatic carbocycles. The Labute approximate surface area is 113 Å². The van der Waals surface area contributed by atoms with E-state index in [9.17, 15) is 24.3 Å². The Morgan fingerprint density at radius 3 is 2.55 bits per heavy atom. The highest BCUT2D eigenvalue weighted by Crippen LogP contribution is 2.31. The third kappa shape index (κ3) is 1.59. The fourth-order valence-electron chi connectivity index (χ4n) is 2.48. The Kier molecular flexibility index (Phi) is 2.56. The molecule has 1 fully saturated rings. The van der Waals surface area contributed by atoms with Gasteiger partial charge in [-0.3, -0.25) is 29.4 Å². The quantitative estimate of drug-likeness (QED) is 0.671. The summed E-state index contributed by atoms with van der Waals surface area (Å²) in [6, 6.07) is 2.92. The molecule has 1 aromatic rings. The van der Waals surface area contributed by atoms with Gasteiger partial charge in [0.15, 0.2) is 0 Å². The van der Waals surface area contributed by atoms with Crippen LogP contribution >= 0.6 is 0 Å². The van der Waals surface area contributed by atoms with Crippen LogP contribution in [-0.4, -0.2) is 34.6 Å². The maximum atomic E-state index is 12.2. The molecule has 7 nitrogen and oxygen atoms in total. The fourth-order valence-corrected chi connectivity index (χ4v) is 2.48. The van der Waals surface area contributed by atoms with Crippen molar-refractivity contribution >= 4 is 23.6 Å². The zero-order valence-electron chi connectivity index (χ0n) is 10.2. The summed E-state index contributed by atoms with van der Waals surface area (Å²) in [4.78, 5) is 48.0. The maximum absolute atomic E-state index is 12.2. The van der Waals surface area contributed by atoms with Crippen molar-refractivity contribution in [2.24, 2.45) is 0 Å². The van der Waals surface area contributed by atoms with Crippen LogP contribution in [0.15, 0.2) is 18.2 Å². The van der Waals surface area contributed by atoms with Crippen molar-refractivity contribution < 1.29 is 24.3 Å². The SMILES string of the molecule is O=C1CCC(N2C(=O)c3cccc([O-])c3C2=O)C(=O)N1. The number of carbonyl (C=O) groups is 4. The topological polar surface area (TPSA) is 107 Å². The molecule has 1 atom stereocenters. The molecule has 2 heterocycles. The van der Waals surface area contributed by atoms with E-state index in [4.69, 9.17) is 0 Å². The molecular formula is C13H9N2O5-. The number of rotatable bonds is 1. The normalized spacial score (nSPS) is 22.0. The Bertz CT molecular complexity index is 667. The van der Waals surface area contributed by atoms with E-state index in [1.165, 1.54) is 18.2 Å². The summed E-state index contributed by atoms with van der Waals surface area (Å²) in [6.07, 6.45) is 0.123. The van der Waals surface area contributed by atoms with Gasteiger partial charge in [0.25, 0.3) is 11.8 Å². The van der Waals surface area contributed by atoms with Crippen LogP contribution in [0.2, 0.25) is 0 Å². The number of nitrogens with one attached hydrogen (secondary N) is 1. The van der Waals surface area contributed by atoms with Gasteiger partial charge in [0.2, 0.25) is 11.8 Å². The van der Waals surface area contributed by atoms with E-state index in [-0.39, 0.29) is 24.0 Å². The van der Waals surface area contributed by atoms with E-state index in [1.54, 1.807) is 0 Å². The monoisotopic (exact) mass is 273 g/mol. The highest BCUT2D eigenvalue weighted by molar-refractivity contribution is 6.24. The molecule has 1 aromatic carbocycles. The maximum Gasteiger partial charge on any atom is 0.262 e. The molecule has 7 heteroatoms. The average molecular weight is 273 g/mol. The molecule has 20 heavy (non-hydrogen) atoms. The van der Waals surface area contributed by atoms with Crippen molar-refractivity contribution in [3.63, 3.8) is 0 Å². The van der Waals surface area contributed by atoms with Crippen LogP contribution in [0, 0.1) is 0 Å². The molecule has 0 saturated carbocycles. The first-order chi connectivity index (χ1) is 9.50. The summed E-state index contributed by atoms with van der Waals surface area (Å²) < 4.78 is 0. The van der Waals surface area contributed by atoms with E-state index in [0.29, 0.717) is 0 Å². The molecular weight excluding hydrogens is 264 g/mol. The molecule has 0 spiro atoms. The second-order valence-electron chi connectivity index (χ2n) is 4.63. The van der Waals surface area contributed by atoms with E-state index in [0.717, 1.165) is 4.90 Å². The number of benzene rings is 1. The van der Waals surface area contributed by atoms with Crippen molar-refractivity contribution in [1.29, 1.82) is 0 Å². The lowest BCUT2D eigenvalue weighted by Crippen LogP contribution is -2.54. The van der Waals surface area contributed by atoms with Gasteiger partial charge in [-0.25, -0.2) is 0 Å². The third-order valence-corrected chi connectivity index (χ3v) is 3.43. The van der Waals surface area contributed by atoms with Crippen LogP contribution in [0.4, 0.5) is 0 Å². The van der Waals surface area contributed by atoms with Crippen molar-refractivity contribution in [2.75, 3.05) is 0 Å². The fraction of sp³-hybridized carbons (Fsp3) is 0.231. The van der Waals surface area contributed by atoms with Crippen LogP contribution in [0.1, 0.15) is 33.6 Å². The first-order valence-corrected chi connectivity index (χ1v) is 6.02. The predicted molar refractivity (Wildman–Crippen MR) is 62.6 cm³/mol. The van der Waals surface area contributed by atoms with Gasteiger partial charge in [0.05, 0.1) is 5.56 Å². The van der Waals surface area contributed by atoms with Crippen LogP contribution in [0.5, 0.6) is 5.75 Å². The molecule has 0 bridgehead atoms.